The first-order valence-electron chi connectivity index (χ1n) is 6.06. The normalized spacial score (nSPS) is 10.7. The number of rotatable bonds is 3. The number of carbonyl (C=O) groups excluding carboxylic acids is 1. The van der Waals surface area contributed by atoms with Gasteiger partial charge in [0, 0.05) is 24.5 Å². The Morgan fingerprint density at radius 2 is 2.15 bits per heavy atom. The standard InChI is InChI=1S/C14H12N4O2/c15-6-9-1-3-12(16-7-9)14(19)18-10-2-4-11-13(5-10)20-8-17-11/h1-5,7-8H,6,15H2,(H,18,19). The van der Waals surface area contributed by atoms with Gasteiger partial charge in [0.1, 0.15) is 11.2 Å². The lowest BCUT2D eigenvalue weighted by Gasteiger charge is -2.04. The van der Waals surface area contributed by atoms with Gasteiger partial charge in [-0.05, 0) is 23.8 Å². The van der Waals surface area contributed by atoms with E-state index in [0.717, 1.165) is 11.1 Å². The highest BCUT2D eigenvalue weighted by atomic mass is 16.3. The number of pyridine rings is 1. The second-order valence-electron chi connectivity index (χ2n) is 4.24. The quantitative estimate of drug-likeness (QED) is 0.757. The van der Waals surface area contributed by atoms with E-state index in [4.69, 9.17) is 10.2 Å². The number of amides is 1. The number of hydrogen-bond acceptors (Lipinski definition) is 5. The summed E-state index contributed by atoms with van der Waals surface area (Å²) in [7, 11) is 0. The molecule has 0 radical (unpaired) electrons. The van der Waals surface area contributed by atoms with E-state index in [1.807, 2.05) is 0 Å². The maximum Gasteiger partial charge on any atom is 0.274 e. The summed E-state index contributed by atoms with van der Waals surface area (Å²) in [6.45, 7) is 0.400. The summed E-state index contributed by atoms with van der Waals surface area (Å²) in [5, 5.41) is 2.76. The SMILES string of the molecule is NCc1ccc(C(=O)Nc2ccc3ncoc3c2)nc1. The van der Waals surface area contributed by atoms with Gasteiger partial charge >= 0.3 is 0 Å². The van der Waals surface area contributed by atoms with Gasteiger partial charge in [0.15, 0.2) is 12.0 Å². The Hall–Kier alpha value is -2.73. The van der Waals surface area contributed by atoms with Crippen molar-refractivity contribution in [2.24, 2.45) is 5.73 Å². The Labute approximate surface area is 114 Å². The minimum Gasteiger partial charge on any atom is -0.443 e. The van der Waals surface area contributed by atoms with Gasteiger partial charge in [-0.2, -0.15) is 0 Å². The Kier molecular flexibility index (Phi) is 3.14. The molecular formula is C14H12N4O2. The number of anilines is 1. The van der Waals surface area contributed by atoms with Crippen LogP contribution < -0.4 is 11.1 Å². The van der Waals surface area contributed by atoms with E-state index in [1.165, 1.54) is 6.39 Å². The largest absolute Gasteiger partial charge is 0.443 e. The fourth-order valence-electron chi connectivity index (χ4n) is 1.81. The lowest BCUT2D eigenvalue weighted by Crippen LogP contribution is -2.13. The minimum absolute atomic E-state index is 0.285. The first-order valence-corrected chi connectivity index (χ1v) is 6.06. The highest BCUT2D eigenvalue weighted by Crippen LogP contribution is 2.18. The summed E-state index contributed by atoms with van der Waals surface area (Å²) < 4.78 is 5.18. The van der Waals surface area contributed by atoms with Crippen LogP contribution in [0.4, 0.5) is 5.69 Å². The van der Waals surface area contributed by atoms with Crippen LogP contribution in [0.5, 0.6) is 0 Å². The minimum atomic E-state index is -0.285. The molecule has 0 aliphatic carbocycles. The molecule has 100 valence electrons. The first-order chi connectivity index (χ1) is 9.76. The molecule has 0 unspecified atom stereocenters. The third kappa shape index (κ3) is 2.36. The van der Waals surface area contributed by atoms with Crippen LogP contribution in [-0.4, -0.2) is 15.9 Å². The van der Waals surface area contributed by atoms with Gasteiger partial charge in [0.2, 0.25) is 0 Å². The van der Waals surface area contributed by atoms with Gasteiger partial charge in [0.25, 0.3) is 5.91 Å². The fourth-order valence-corrected chi connectivity index (χ4v) is 1.81. The molecular weight excluding hydrogens is 256 g/mol. The van der Waals surface area contributed by atoms with Gasteiger partial charge in [-0.3, -0.25) is 9.78 Å². The molecule has 0 saturated heterocycles. The summed E-state index contributed by atoms with van der Waals surface area (Å²) in [6.07, 6.45) is 2.96. The monoisotopic (exact) mass is 268 g/mol. The molecule has 2 heterocycles. The number of carbonyl (C=O) groups is 1. The van der Waals surface area contributed by atoms with E-state index in [9.17, 15) is 4.79 Å². The molecule has 0 aliphatic rings. The van der Waals surface area contributed by atoms with Crippen molar-refractivity contribution in [2.45, 2.75) is 6.54 Å². The molecule has 0 atom stereocenters. The molecule has 2 aromatic heterocycles. The smallest absolute Gasteiger partial charge is 0.274 e. The van der Waals surface area contributed by atoms with Gasteiger partial charge < -0.3 is 15.5 Å². The van der Waals surface area contributed by atoms with Crippen molar-refractivity contribution in [3.05, 3.63) is 54.2 Å². The average Bonchev–Trinajstić information content (AvgIpc) is 2.95. The van der Waals surface area contributed by atoms with Crippen LogP contribution in [0.1, 0.15) is 16.1 Å². The number of nitrogens with one attached hydrogen (secondary N) is 1. The Balaban J connectivity index is 1.80. The zero-order valence-electron chi connectivity index (χ0n) is 10.5. The van der Waals surface area contributed by atoms with Crippen molar-refractivity contribution in [3.63, 3.8) is 0 Å². The maximum absolute atomic E-state index is 12.0. The highest BCUT2D eigenvalue weighted by molar-refractivity contribution is 6.03. The third-order valence-electron chi connectivity index (χ3n) is 2.88. The molecule has 20 heavy (non-hydrogen) atoms. The summed E-state index contributed by atoms with van der Waals surface area (Å²) >= 11 is 0. The predicted molar refractivity (Wildman–Crippen MR) is 74.1 cm³/mol. The highest BCUT2D eigenvalue weighted by Gasteiger charge is 2.08. The van der Waals surface area contributed by atoms with Crippen LogP contribution in [0, 0.1) is 0 Å². The van der Waals surface area contributed by atoms with Gasteiger partial charge in [-0.25, -0.2) is 4.98 Å². The van der Waals surface area contributed by atoms with E-state index in [1.54, 1.807) is 36.5 Å². The summed E-state index contributed by atoms with van der Waals surface area (Å²) in [4.78, 5) is 20.1. The zero-order chi connectivity index (χ0) is 13.9. The molecule has 6 heteroatoms. The molecule has 3 aromatic rings. The maximum atomic E-state index is 12.0. The molecule has 0 aliphatic heterocycles. The molecule has 0 spiro atoms. The number of hydrogen-bond donors (Lipinski definition) is 2. The number of nitrogens with zero attached hydrogens (tertiary/aromatic N) is 2. The molecule has 1 aromatic carbocycles. The summed E-state index contributed by atoms with van der Waals surface area (Å²) in [5.41, 5.74) is 8.69. The molecule has 1 amide bonds. The Morgan fingerprint density at radius 3 is 2.90 bits per heavy atom. The van der Waals surface area contributed by atoms with Crippen LogP contribution in [-0.2, 0) is 6.54 Å². The molecule has 0 fully saturated rings. The first kappa shape index (κ1) is 12.3. The van der Waals surface area contributed by atoms with Crippen molar-refractivity contribution in [1.82, 2.24) is 9.97 Å². The molecule has 6 nitrogen and oxygen atoms in total. The van der Waals surface area contributed by atoms with Crippen LogP contribution in [0.25, 0.3) is 11.1 Å². The summed E-state index contributed by atoms with van der Waals surface area (Å²) in [6, 6.07) is 8.68. The van der Waals surface area contributed by atoms with Crippen LogP contribution in [0.2, 0.25) is 0 Å². The van der Waals surface area contributed by atoms with Crippen LogP contribution in [0.3, 0.4) is 0 Å². The van der Waals surface area contributed by atoms with Crippen molar-refractivity contribution >= 4 is 22.7 Å². The number of aromatic nitrogens is 2. The average molecular weight is 268 g/mol. The number of nitrogens with two attached hydrogens (primary N) is 1. The van der Waals surface area contributed by atoms with Crippen molar-refractivity contribution < 1.29 is 9.21 Å². The van der Waals surface area contributed by atoms with Crippen LogP contribution >= 0.6 is 0 Å². The summed E-state index contributed by atoms with van der Waals surface area (Å²) in [5.74, 6) is -0.285. The van der Waals surface area contributed by atoms with Crippen molar-refractivity contribution in [2.75, 3.05) is 5.32 Å². The van der Waals surface area contributed by atoms with Gasteiger partial charge in [-0.15, -0.1) is 0 Å². The molecule has 0 bridgehead atoms. The second-order valence-corrected chi connectivity index (χ2v) is 4.24. The number of benzene rings is 1. The molecule has 0 saturated carbocycles. The predicted octanol–water partition coefficient (Wildman–Crippen LogP) is 1.93. The van der Waals surface area contributed by atoms with E-state index in [2.05, 4.69) is 15.3 Å². The lowest BCUT2D eigenvalue weighted by molar-refractivity contribution is 0.102. The van der Waals surface area contributed by atoms with E-state index in [-0.39, 0.29) is 5.91 Å². The fraction of sp³-hybridized carbons (Fsp3) is 0.0714. The van der Waals surface area contributed by atoms with E-state index >= 15 is 0 Å². The lowest BCUT2D eigenvalue weighted by atomic mass is 10.2. The molecule has 3 rings (SSSR count). The number of oxazole rings is 1. The van der Waals surface area contributed by atoms with Crippen molar-refractivity contribution in [3.8, 4) is 0 Å². The van der Waals surface area contributed by atoms with E-state index < -0.39 is 0 Å². The Bertz CT molecular complexity index is 749. The molecule has 3 N–H and O–H groups in total. The topological polar surface area (TPSA) is 94.0 Å². The van der Waals surface area contributed by atoms with E-state index in [0.29, 0.717) is 23.5 Å². The van der Waals surface area contributed by atoms with Gasteiger partial charge in [0.05, 0.1) is 0 Å². The third-order valence-corrected chi connectivity index (χ3v) is 2.88. The van der Waals surface area contributed by atoms with Crippen LogP contribution in [0.15, 0.2) is 47.3 Å². The van der Waals surface area contributed by atoms with Gasteiger partial charge in [-0.1, -0.05) is 6.07 Å². The second kappa shape index (κ2) is 5.10. The van der Waals surface area contributed by atoms with Crippen molar-refractivity contribution in [1.29, 1.82) is 0 Å². The number of fused-ring (bicyclic) bond motifs is 1. The Morgan fingerprint density at radius 1 is 1.25 bits per heavy atom. The zero-order valence-corrected chi connectivity index (χ0v) is 10.5.